The van der Waals surface area contributed by atoms with E-state index in [0.29, 0.717) is 11.3 Å². The van der Waals surface area contributed by atoms with E-state index in [1.165, 1.54) is 0 Å². The number of unbranched alkanes of at least 4 members (excludes halogenated alkanes) is 1. The summed E-state index contributed by atoms with van der Waals surface area (Å²) in [7, 11) is 1.59. The summed E-state index contributed by atoms with van der Waals surface area (Å²) in [6.45, 7) is 4.75. The van der Waals surface area contributed by atoms with Crippen molar-refractivity contribution >= 4 is 5.69 Å². The molecule has 0 bridgehead atoms. The third-order valence-corrected chi connectivity index (χ3v) is 3.18. The van der Waals surface area contributed by atoms with Crippen LogP contribution in [0.25, 0.3) is 0 Å². The fourth-order valence-corrected chi connectivity index (χ4v) is 1.88. The molecule has 0 radical (unpaired) electrons. The van der Waals surface area contributed by atoms with Gasteiger partial charge in [0, 0.05) is 12.6 Å². The smallest absolute Gasteiger partial charge is 0.143 e. The average molecular weight is 271 g/mol. The van der Waals surface area contributed by atoms with Gasteiger partial charge in [-0.15, -0.1) is 0 Å². The number of rotatable bonds is 7. The van der Waals surface area contributed by atoms with Crippen LogP contribution in [0.4, 0.5) is 5.69 Å². The van der Waals surface area contributed by atoms with E-state index in [2.05, 4.69) is 17.5 Å². The zero-order valence-corrected chi connectivity index (χ0v) is 12.4. The van der Waals surface area contributed by atoms with Crippen molar-refractivity contribution in [3.8, 4) is 17.9 Å². The molecule has 1 N–H and O–H groups in total. The Kier molecular flexibility index (Phi) is 5.87. The highest BCUT2D eigenvalue weighted by Crippen LogP contribution is 2.26. The molecule has 1 aromatic carbocycles. The summed E-state index contributed by atoms with van der Waals surface area (Å²) >= 11 is 0. The number of anilines is 1. The minimum Gasteiger partial charge on any atom is -0.495 e. The maximum Gasteiger partial charge on any atom is 0.143 e. The SMILES string of the molecule is COc1cc(C#N)ccc1NCCCCC(C)(C)C#N. The fraction of sp³-hybridized carbons (Fsp3) is 0.500. The van der Waals surface area contributed by atoms with Crippen molar-refractivity contribution in [2.45, 2.75) is 33.1 Å². The van der Waals surface area contributed by atoms with Gasteiger partial charge in [0.15, 0.2) is 0 Å². The van der Waals surface area contributed by atoms with Crippen LogP contribution in [0, 0.1) is 28.1 Å². The maximum atomic E-state index is 8.94. The first-order valence-electron chi connectivity index (χ1n) is 6.75. The van der Waals surface area contributed by atoms with Crippen molar-refractivity contribution in [3.05, 3.63) is 23.8 Å². The van der Waals surface area contributed by atoms with Crippen molar-refractivity contribution in [2.75, 3.05) is 19.0 Å². The Bertz CT molecular complexity index is 524. The van der Waals surface area contributed by atoms with Gasteiger partial charge in [-0.25, -0.2) is 0 Å². The number of ether oxygens (including phenoxy) is 1. The van der Waals surface area contributed by atoms with E-state index in [1.54, 1.807) is 19.2 Å². The monoisotopic (exact) mass is 271 g/mol. The number of hydrogen-bond acceptors (Lipinski definition) is 4. The molecule has 0 saturated carbocycles. The third kappa shape index (κ3) is 4.82. The van der Waals surface area contributed by atoms with Crippen LogP contribution in [0.5, 0.6) is 5.75 Å². The number of nitrogens with one attached hydrogen (secondary N) is 1. The van der Waals surface area contributed by atoms with Crippen LogP contribution in [-0.4, -0.2) is 13.7 Å². The zero-order chi connectivity index (χ0) is 15.0. The second-order valence-corrected chi connectivity index (χ2v) is 5.41. The Labute approximate surface area is 121 Å². The summed E-state index contributed by atoms with van der Waals surface area (Å²) in [5.74, 6) is 0.682. The first kappa shape index (κ1) is 15.9. The van der Waals surface area contributed by atoms with Crippen molar-refractivity contribution in [3.63, 3.8) is 0 Å². The molecule has 0 atom stereocenters. The molecular weight excluding hydrogens is 250 g/mol. The highest BCUT2D eigenvalue weighted by Gasteiger charge is 2.15. The van der Waals surface area contributed by atoms with Crippen LogP contribution < -0.4 is 10.1 Å². The predicted octanol–water partition coefficient (Wildman–Crippen LogP) is 3.70. The van der Waals surface area contributed by atoms with Gasteiger partial charge in [-0.3, -0.25) is 0 Å². The summed E-state index contributed by atoms with van der Waals surface area (Å²) in [5.41, 5.74) is 1.24. The molecule has 4 heteroatoms. The van der Waals surface area contributed by atoms with E-state index < -0.39 is 0 Å². The summed E-state index contributed by atoms with van der Waals surface area (Å²) in [6.07, 6.45) is 2.90. The standard InChI is InChI=1S/C16H21N3O/c1-16(2,12-18)8-4-5-9-19-14-7-6-13(11-17)10-15(14)20-3/h6-7,10,19H,4-5,8-9H2,1-3H3. The molecule has 0 fully saturated rings. The molecule has 0 spiro atoms. The lowest BCUT2D eigenvalue weighted by Gasteiger charge is -2.15. The van der Waals surface area contributed by atoms with Crippen LogP contribution in [0.1, 0.15) is 38.7 Å². The minimum absolute atomic E-state index is 0.244. The molecule has 0 aliphatic heterocycles. The van der Waals surface area contributed by atoms with E-state index in [1.807, 2.05) is 19.9 Å². The molecule has 1 rings (SSSR count). The Morgan fingerprint density at radius 3 is 2.60 bits per heavy atom. The molecule has 0 aromatic heterocycles. The van der Waals surface area contributed by atoms with Gasteiger partial charge in [0.2, 0.25) is 0 Å². The molecule has 0 heterocycles. The predicted molar refractivity (Wildman–Crippen MR) is 79.4 cm³/mol. The third-order valence-electron chi connectivity index (χ3n) is 3.18. The first-order chi connectivity index (χ1) is 9.52. The van der Waals surface area contributed by atoms with E-state index >= 15 is 0 Å². The number of benzene rings is 1. The normalized spacial score (nSPS) is 10.4. The lowest BCUT2D eigenvalue weighted by atomic mass is 9.89. The molecule has 0 unspecified atom stereocenters. The van der Waals surface area contributed by atoms with E-state index in [9.17, 15) is 0 Å². The van der Waals surface area contributed by atoms with Gasteiger partial charge in [-0.05, 0) is 38.8 Å². The van der Waals surface area contributed by atoms with Gasteiger partial charge in [-0.1, -0.05) is 6.42 Å². The lowest BCUT2D eigenvalue weighted by Crippen LogP contribution is -2.09. The topological polar surface area (TPSA) is 68.8 Å². The molecular formula is C16H21N3O. The van der Waals surface area contributed by atoms with Crippen LogP contribution in [0.2, 0.25) is 0 Å². The Morgan fingerprint density at radius 1 is 1.25 bits per heavy atom. The van der Waals surface area contributed by atoms with Gasteiger partial charge in [-0.2, -0.15) is 10.5 Å². The van der Waals surface area contributed by atoms with Crippen LogP contribution >= 0.6 is 0 Å². The van der Waals surface area contributed by atoms with Crippen LogP contribution in [-0.2, 0) is 0 Å². The second-order valence-electron chi connectivity index (χ2n) is 5.41. The first-order valence-corrected chi connectivity index (χ1v) is 6.75. The Morgan fingerprint density at radius 2 is 2.00 bits per heavy atom. The van der Waals surface area contributed by atoms with Crippen molar-refractivity contribution in [1.82, 2.24) is 0 Å². The molecule has 0 aliphatic rings. The largest absolute Gasteiger partial charge is 0.495 e. The summed E-state index contributed by atoms with van der Waals surface area (Å²) in [5, 5.41) is 21.1. The molecule has 4 nitrogen and oxygen atoms in total. The average Bonchev–Trinajstić information content (AvgIpc) is 2.46. The molecule has 20 heavy (non-hydrogen) atoms. The maximum absolute atomic E-state index is 8.94. The van der Waals surface area contributed by atoms with Crippen molar-refractivity contribution in [2.24, 2.45) is 5.41 Å². The van der Waals surface area contributed by atoms with Gasteiger partial charge in [0.25, 0.3) is 0 Å². The highest BCUT2D eigenvalue weighted by atomic mass is 16.5. The Hall–Kier alpha value is -2.20. The molecule has 1 aromatic rings. The quantitative estimate of drug-likeness (QED) is 0.768. The summed E-state index contributed by atoms with van der Waals surface area (Å²) < 4.78 is 5.26. The summed E-state index contributed by atoms with van der Waals surface area (Å²) in [4.78, 5) is 0. The molecule has 0 saturated heterocycles. The van der Waals surface area contributed by atoms with Gasteiger partial charge >= 0.3 is 0 Å². The number of hydrogen-bond donors (Lipinski definition) is 1. The zero-order valence-electron chi connectivity index (χ0n) is 12.4. The summed E-state index contributed by atoms with van der Waals surface area (Å²) in [6, 6.07) is 9.75. The van der Waals surface area contributed by atoms with Crippen LogP contribution in [0.15, 0.2) is 18.2 Å². The van der Waals surface area contributed by atoms with Gasteiger partial charge in [0.05, 0.1) is 35.9 Å². The molecule has 0 aliphatic carbocycles. The Balaban J connectivity index is 2.43. The molecule has 0 amide bonds. The minimum atomic E-state index is -0.244. The van der Waals surface area contributed by atoms with Crippen molar-refractivity contribution < 1.29 is 4.74 Å². The number of methoxy groups -OCH3 is 1. The van der Waals surface area contributed by atoms with Gasteiger partial charge in [0.1, 0.15) is 5.75 Å². The number of nitrogens with zero attached hydrogens (tertiary/aromatic N) is 2. The van der Waals surface area contributed by atoms with E-state index in [4.69, 9.17) is 15.3 Å². The highest BCUT2D eigenvalue weighted by molar-refractivity contribution is 5.59. The molecule has 106 valence electrons. The van der Waals surface area contributed by atoms with Crippen molar-refractivity contribution in [1.29, 1.82) is 10.5 Å². The number of nitriles is 2. The van der Waals surface area contributed by atoms with E-state index in [0.717, 1.165) is 31.5 Å². The van der Waals surface area contributed by atoms with E-state index in [-0.39, 0.29) is 5.41 Å². The fourth-order valence-electron chi connectivity index (χ4n) is 1.88. The van der Waals surface area contributed by atoms with Crippen LogP contribution in [0.3, 0.4) is 0 Å². The van der Waals surface area contributed by atoms with Gasteiger partial charge < -0.3 is 10.1 Å². The lowest BCUT2D eigenvalue weighted by molar-refractivity contribution is 0.415. The second kappa shape index (κ2) is 7.40.